The predicted molar refractivity (Wildman–Crippen MR) is 124 cm³/mol. The van der Waals surface area contributed by atoms with Gasteiger partial charge in [0.1, 0.15) is 0 Å². The summed E-state index contributed by atoms with van der Waals surface area (Å²) in [7, 11) is 0. The molecule has 0 bridgehead atoms. The first-order chi connectivity index (χ1) is 15.0. The van der Waals surface area contributed by atoms with Crippen LogP contribution in [-0.4, -0.2) is 46.8 Å². The second kappa shape index (κ2) is 9.35. The number of amides is 1. The number of anilines is 1. The molecule has 7 heteroatoms. The Morgan fingerprint density at radius 3 is 2.29 bits per heavy atom. The summed E-state index contributed by atoms with van der Waals surface area (Å²) in [4.78, 5) is 29.0. The molecule has 1 amide bonds. The minimum Gasteiger partial charge on any atom is -0.368 e. The van der Waals surface area contributed by atoms with Crippen molar-refractivity contribution in [1.82, 2.24) is 14.7 Å². The van der Waals surface area contributed by atoms with Crippen molar-refractivity contribution in [3.05, 3.63) is 81.6 Å². The van der Waals surface area contributed by atoms with E-state index in [4.69, 9.17) is 11.6 Å². The zero-order valence-corrected chi connectivity index (χ0v) is 18.3. The highest BCUT2D eigenvalue weighted by molar-refractivity contribution is 6.30. The lowest BCUT2D eigenvalue weighted by atomic mass is 10.1. The Morgan fingerprint density at radius 2 is 1.61 bits per heavy atom. The maximum absolute atomic E-state index is 12.7. The van der Waals surface area contributed by atoms with Gasteiger partial charge in [0.2, 0.25) is 5.91 Å². The molecule has 0 unspecified atom stereocenters. The maximum atomic E-state index is 12.7. The van der Waals surface area contributed by atoms with Crippen molar-refractivity contribution in [2.75, 3.05) is 31.1 Å². The zero-order chi connectivity index (χ0) is 21.8. The number of rotatable bonds is 5. The summed E-state index contributed by atoms with van der Waals surface area (Å²) in [5.41, 5.74) is 3.75. The monoisotopic (exact) mass is 436 g/mol. The third-order valence-electron chi connectivity index (χ3n) is 5.58. The molecule has 4 rings (SSSR count). The highest BCUT2D eigenvalue weighted by atomic mass is 35.5. The van der Waals surface area contributed by atoms with Crippen LogP contribution in [0.5, 0.6) is 0 Å². The van der Waals surface area contributed by atoms with Gasteiger partial charge in [-0.1, -0.05) is 41.4 Å². The quantitative estimate of drug-likeness (QED) is 0.613. The molecule has 2 heterocycles. The Balaban J connectivity index is 1.35. The Labute approximate surface area is 186 Å². The van der Waals surface area contributed by atoms with Crippen molar-refractivity contribution < 1.29 is 4.79 Å². The van der Waals surface area contributed by atoms with Crippen LogP contribution in [0.1, 0.15) is 12.0 Å². The van der Waals surface area contributed by atoms with Gasteiger partial charge in [-0.3, -0.25) is 9.59 Å². The summed E-state index contributed by atoms with van der Waals surface area (Å²) >= 11 is 5.96. The fourth-order valence-electron chi connectivity index (χ4n) is 3.71. The van der Waals surface area contributed by atoms with E-state index in [1.54, 1.807) is 6.07 Å². The van der Waals surface area contributed by atoms with Gasteiger partial charge in [-0.15, -0.1) is 0 Å². The molecule has 0 aliphatic carbocycles. The fraction of sp³-hybridized carbons (Fsp3) is 0.292. The molecule has 1 fully saturated rings. The molecule has 31 heavy (non-hydrogen) atoms. The Kier molecular flexibility index (Phi) is 6.37. The van der Waals surface area contributed by atoms with Gasteiger partial charge in [-0.2, -0.15) is 5.10 Å². The number of benzene rings is 2. The highest BCUT2D eigenvalue weighted by Crippen LogP contribution is 2.20. The number of aromatic nitrogens is 2. The Morgan fingerprint density at radius 1 is 0.935 bits per heavy atom. The molecule has 0 spiro atoms. The number of carbonyl (C=O) groups is 1. The summed E-state index contributed by atoms with van der Waals surface area (Å²) < 4.78 is 1.39. The van der Waals surface area contributed by atoms with Crippen LogP contribution >= 0.6 is 11.6 Å². The van der Waals surface area contributed by atoms with E-state index in [-0.39, 0.29) is 24.4 Å². The lowest BCUT2D eigenvalue weighted by Crippen LogP contribution is -2.49. The smallest absolute Gasteiger partial charge is 0.266 e. The van der Waals surface area contributed by atoms with Crippen molar-refractivity contribution in [3.8, 4) is 11.3 Å². The molecule has 0 radical (unpaired) electrons. The van der Waals surface area contributed by atoms with Crippen molar-refractivity contribution in [2.24, 2.45) is 0 Å². The fourth-order valence-corrected chi connectivity index (χ4v) is 3.84. The normalized spacial score (nSPS) is 14.0. The highest BCUT2D eigenvalue weighted by Gasteiger charge is 2.21. The van der Waals surface area contributed by atoms with E-state index in [0.717, 1.165) is 30.0 Å². The number of nitrogens with zero attached hydrogens (tertiary/aromatic N) is 4. The molecule has 1 aliphatic heterocycles. The lowest BCUT2D eigenvalue weighted by molar-refractivity contribution is -0.131. The van der Waals surface area contributed by atoms with Gasteiger partial charge in [0.25, 0.3) is 5.56 Å². The van der Waals surface area contributed by atoms with Crippen LogP contribution in [0.25, 0.3) is 11.3 Å². The summed E-state index contributed by atoms with van der Waals surface area (Å²) in [6.45, 7) is 5.16. The van der Waals surface area contributed by atoms with E-state index < -0.39 is 0 Å². The van der Waals surface area contributed by atoms with Crippen molar-refractivity contribution in [1.29, 1.82) is 0 Å². The van der Waals surface area contributed by atoms with E-state index in [9.17, 15) is 9.59 Å². The lowest BCUT2D eigenvalue weighted by Gasteiger charge is -2.36. The number of carbonyl (C=O) groups excluding carboxylic acids is 1. The van der Waals surface area contributed by atoms with Gasteiger partial charge in [0, 0.05) is 54.9 Å². The first-order valence-corrected chi connectivity index (χ1v) is 10.8. The van der Waals surface area contributed by atoms with E-state index in [2.05, 4.69) is 10.00 Å². The summed E-state index contributed by atoms with van der Waals surface area (Å²) in [6, 6.07) is 19.0. The molecule has 3 aromatic rings. The van der Waals surface area contributed by atoms with Crippen LogP contribution < -0.4 is 10.5 Å². The van der Waals surface area contributed by atoms with Crippen molar-refractivity contribution >= 4 is 23.2 Å². The van der Waals surface area contributed by atoms with Gasteiger partial charge < -0.3 is 9.80 Å². The predicted octanol–water partition coefficient (Wildman–Crippen LogP) is 3.61. The molecule has 1 aliphatic rings. The van der Waals surface area contributed by atoms with E-state index in [0.29, 0.717) is 18.1 Å². The van der Waals surface area contributed by atoms with Crippen molar-refractivity contribution in [3.63, 3.8) is 0 Å². The van der Waals surface area contributed by atoms with Crippen molar-refractivity contribution in [2.45, 2.75) is 19.9 Å². The SMILES string of the molecule is Cc1ccc(-c2ccc(=O)n(CCC(=O)N3CCN(c4ccc(Cl)cc4)CC3)n2)cc1. The van der Waals surface area contributed by atoms with Gasteiger partial charge in [0.05, 0.1) is 12.2 Å². The van der Waals surface area contributed by atoms with Crippen LogP contribution in [0, 0.1) is 6.92 Å². The average Bonchev–Trinajstić information content (AvgIpc) is 2.79. The zero-order valence-electron chi connectivity index (χ0n) is 17.5. The molecule has 0 atom stereocenters. The van der Waals surface area contributed by atoms with Crippen LogP contribution in [0.4, 0.5) is 5.69 Å². The largest absolute Gasteiger partial charge is 0.368 e. The second-order valence-corrected chi connectivity index (χ2v) is 8.18. The van der Waals surface area contributed by atoms with Crippen LogP contribution in [0.3, 0.4) is 0 Å². The first-order valence-electron chi connectivity index (χ1n) is 10.4. The number of aryl methyl sites for hydroxylation is 2. The summed E-state index contributed by atoms with van der Waals surface area (Å²) in [5.74, 6) is 0.0465. The number of hydrogen-bond donors (Lipinski definition) is 0. The van der Waals surface area contributed by atoms with Gasteiger partial charge in [0.15, 0.2) is 0 Å². The molecule has 1 saturated heterocycles. The summed E-state index contributed by atoms with van der Waals surface area (Å²) in [5, 5.41) is 5.18. The van der Waals surface area contributed by atoms with E-state index in [1.807, 2.05) is 60.4 Å². The maximum Gasteiger partial charge on any atom is 0.266 e. The van der Waals surface area contributed by atoms with Gasteiger partial charge >= 0.3 is 0 Å². The number of halogens is 1. The van der Waals surface area contributed by atoms with Crippen LogP contribution in [-0.2, 0) is 11.3 Å². The molecular weight excluding hydrogens is 412 g/mol. The summed E-state index contributed by atoms with van der Waals surface area (Å²) in [6.07, 6.45) is 0.255. The molecule has 1 aromatic heterocycles. The molecule has 0 saturated carbocycles. The third kappa shape index (κ3) is 5.14. The topological polar surface area (TPSA) is 58.4 Å². The molecular formula is C24H25ClN4O2. The minimum atomic E-state index is -0.198. The Bertz CT molecular complexity index is 1100. The molecule has 0 N–H and O–H groups in total. The third-order valence-corrected chi connectivity index (χ3v) is 5.83. The first kappa shape index (κ1) is 21.1. The minimum absolute atomic E-state index is 0.0465. The molecule has 6 nitrogen and oxygen atoms in total. The number of hydrogen-bond acceptors (Lipinski definition) is 4. The average molecular weight is 437 g/mol. The Hall–Kier alpha value is -3.12. The number of piperazine rings is 1. The second-order valence-electron chi connectivity index (χ2n) is 7.74. The van der Waals surface area contributed by atoms with Crippen LogP contribution in [0.2, 0.25) is 5.02 Å². The van der Waals surface area contributed by atoms with E-state index in [1.165, 1.54) is 16.3 Å². The standard InChI is InChI=1S/C24H25ClN4O2/c1-18-2-4-19(5-3-18)22-10-11-24(31)29(26-22)13-12-23(30)28-16-14-27(15-17-28)21-8-6-20(25)7-9-21/h2-11H,12-17H2,1H3. The van der Waals surface area contributed by atoms with Gasteiger partial charge in [-0.25, -0.2) is 4.68 Å². The van der Waals surface area contributed by atoms with Crippen LogP contribution in [0.15, 0.2) is 65.5 Å². The van der Waals surface area contributed by atoms with Gasteiger partial charge in [-0.05, 0) is 37.3 Å². The molecule has 2 aromatic carbocycles. The molecule has 160 valence electrons. The van der Waals surface area contributed by atoms with E-state index >= 15 is 0 Å².